The van der Waals surface area contributed by atoms with E-state index in [1.165, 1.54) is 0 Å². The predicted octanol–water partition coefficient (Wildman–Crippen LogP) is 4.15. The molecule has 0 unspecified atom stereocenters. The molecule has 2 heterocycles. The number of carbonyl (C=O) groups is 1. The molecule has 1 aliphatic heterocycles. The molecular formula is C22H28N2O4. The number of piperidine rings is 1. The second-order valence-corrected chi connectivity index (χ2v) is 7.34. The van der Waals surface area contributed by atoms with Gasteiger partial charge >= 0.3 is 0 Å². The number of nitrogens with zero attached hydrogens (tertiary/aromatic N) is 2. The summed E-state index contributed by atoms with van der Waals surface area (Å²) in [6.45, 7) is 8.02. The molecule has 6 heteroatoms. The Morgan fingerprint density at radius 1 is 1.29 bits per heavy atom. The third-order valence-corrected chi connectivity index (χ3v) is 5.25. The van der Waals surface area contributed by atoms with Gasteiger partial charge in [0.15, 0.2) is 11.5 Å². The van der Waals surface area contributed by atoms with Gasteiger partial charge in [-0.25, -0.2) is 0 Å². The summed E-state index contributed by atoms with van der Waals surface area (Å²) in [6, 6.07) is 5.63. The number of benzene rings is 1. The van der Waals surface area contributed by atoms with E-state index in [9.17, 15) is 4.79 Å². The standard InChI is InChI=1S/C22H28N2O4/c1-15-9-11-24(12-10-15)22(25)8-6-18-5-7-20(21(13-18)26-4)27-14-19-16(2)23-28-17(19)3/h5-8,13,15H,9-12,14H2,1-4H3. The van der Waals surface area contributed by atoms with Crippen molar-refractivity contribution in [3.05, 3.63) is 46.9 Å². The van der Waals surface area contributed by atoms with Crippen LogP contribution in [0.5, 0.6) is 11.5 Å². The van der Waals surface area contributed by atoms with Crippen molar-refractivity contribution < 1.29 is 18.8 Å². The van der Waals surface area contributed by atoms with Crippen LogP contribution in [0.3, 0.4) is 0 Å². The van der Waals surface area contributed by atoms with Gasteiger partial charge in [-0.2, -0.15) is 0 Å². The van der Waals surface area contributed by atoms with Crippen LogP contribution in [0.1, 0.15) is 42.3 Å². The average molecular weight is 384 g/mol. The highest BCUT2D eigenvalue weighted by atomic mass is 16.5. The van der Waals surface area contributed by atoms with Crippen LogP contribution in [0.15, 0.2) is 28.8 Å². The molecule has 1 fully saturated rings. The van der Waals surface area contributed by atoms with E-state index >= 15 is 0 Å². The Morgan fingerprint density at radius 2 is 2.04 bits per heavy atom. The fraction of sp³-hybridized carbons (Fsp3) is 0.455. The van der Waals surface area contributed by atoms with Crippen LogP contribution in [-0.2, 0) is 11.4 Å². The minimum atomic E-state index is 0.0598. The van der Waals surface area contributed by atoms with Crippen molar-refractivity contribution in [2.24, 2.45) is 5.92 Å². The Morgan fingerprint density at radius 3 is 2.68 bits per heavy atom. The topological polar surface area (TPSA) is 64.8 Å². The fourth-order valence-electron chi connectivity index (χ4n) is 3.27. The highest BCUT2D eigenvalue weighted by Gasteiger charge is 2.18. The number of likely N-dealkylation sites (tertiary alicyclic amines) is 1. The van der Waals surface area contributed by atoms with E-state index in [1.54, 1.807) is 13.2 Å². The van der Waals surface area contributed by atoms with E-state index in [4.69, 9.17) is 14.0 Å². The summed E-state index contributed by atoms with van der Waals surface area (Å²) in [5, 5.41) is 3.94. The summed E-state index contributed by atoms with van der Waals surface area (Å²) in [7, 11) is 1.60. The largest absolute Gasteiger partial charge is 0.493 e. The summed E-state index contributed by atoms with van der Waals surface area (Å²) in [4.78, 5) is 14.3. The van der Waals surface area contributed by atoms with Crippen LogP contribution in [0.4, 0.5) is 0 Å². The van der Waals surface area contributed by atoms with E-state index in [1.807, 2.05) is 43.0 Å². The Balaban J connectivity index is 1.64. The summed E-state index contributed by atoms with van der Waals surface area (Å²) in [5.41, 5.74) is 2.65. The second kappa shape index (κ2) is 8.95. The van der Waals surface area contributed by atoms with E-state index in [0.29, 0.717) is 24.0 Å². The Kier molecular flexibility index (Phi) is 6.39. The van der Waals surface area contributed by atoms with Gasteiger partial charge < -0.3 is 18.9 Å². The lowest BCUT2D eigenvalue weighted by Gasteiger charge is -2.29. The van der Waals surface area contributed by atoms with Crippen molar-refractivity contribution in [1.29, 1.82) is 0 Å². The average Bonchev–Trinajstić information content (AvgIpc) is 3.03. The zero-order chi connectivity index (χ0) is 20.1. The van der Waals surface area contributed by atoms with Gasteiger partial charge in [0.2, 0.25) is 5.91 Å². The van der Waals surface area contributed by atoms with Crippen LogP contribution in [0.25, 0.3) is 6.08 Å². The molecule has 6 nitrogen and oxygen atoms in total. The molecule has 0 radical (unpaired) electrons. The summed E-state index contributed by atoms with van der Waals surface area (Å²) in [5.74, 6) is 2.77. The zero-order valence-corrected chi connectivity index (χ0v) is 17.0. The molecule has 3 rings (SSSR count). The summed E-state index contributed by atoms with van der Waals surface area (Å²) >= 11 is 0. The van der Waals surface area contributed by atoms with Gasteiger partial charge in [-0.05, 0) is 56.4 Å². The third kappa shape index (κ3) is 4.74. The molecule has 0 aliphatic carbocycles. The third-order valence-electron chi connectivity index (χ3n) is 5.25. The summed E-state index contributed by atoms with van der Waals surface area (Å²) in [6.07, 6.45) is 5.60. The monoisotopic (exact) mass is 384 g/mol. The van der Waals surface area contributed by atoms with Crippen LogP contribution < -0.4 is 9.47 Å². The number of methoxy groups -OCH3 is 1. The molecule has 1 aromatic carbocycles. The molecule has 150 valence electrons. The molecule has 0 N–H and O–H groups in total. The van der Waals surface area contributed by atoms with Crippen LogP contribution in [0, 0.1) is 19.8 Å². The lowest BCUT2D eigenvalue weighted by Crippen LogP contribution is -2.36. The number of aromatic nitrogens is 1. The molecule has 1 amide bonds. The molecule has 1 aromatic heterocycles. The lowest BCUT2D eigenvalue weighted by molar-refractivity contribution is -0.127. The van der Waals surface area contributed by atoms with Crippen molar-refractivity contribution in [3.8, 4) is 11.5 Å². The number of rotatable bonds is 6. The van der Waals surface area contributed by atoms with Gasteiger partial charge in [0.05, 0.1) is 18.4 Å². The van der Waals surface area contributed by atoms with E-state index < -0.39 is 0 Å². The molecule has 0 spiro atoms. The highest BCUT2D eigenvalue weighted by Crippen LogP contribution is 2.30. The minimum absolute atomic E-state index is 0.0598. The van der Waals surface area contributed by atoms with Crippen molar-refractivity contribution in [2.45, 2.75) is 40.2 Å². The molecule has 1 saturated heterocycles. The number of amides is 1. The Bertz CT molecular complexity index is 829. The first-order valence-electron chi connectivity index (χ1n) is 9.67. The smallest absolute Gasteiger partial charge is 0.246 e. The Hall–Kier alpha value is -2.76. The second-order valence-electron chi connectivity index (χ2n) is 7.34. The normalized spacial score (nSPS) is 15.2. The quantitative estimate of drug-likeness (QED) is 0.700. The van der Waals surface area contributed by atoms with Gasteiger partial charge in [0, 0.05) is 19.2 Å². The van der Waals surface area contributed by atoms with Gasteiger partial charge in [0.25, 0.3) is 0 Å². The fourth-order valence-corrected chi connectivity index (χ4v) is 3.27. The minimum Gasteiger partial charge on any atom is -0.493 e. The molecular weight excluding hydrogens is 356 g/mol. The van der Waals surface area contributed by atoms with E-state index in [2.05, 4.69) is 12.1 Å². The van der Waals surface area contributed by atoms with Crippen LogP contribution in [-0.4, -0.2) is 36.2 Å². The van der Waals surface area contributed by atoms with E-state index in [-0.39, 0.29) is 5.91 Å². The molecule has 28 heavy (non-hydrogen) atoms. The number of aryl methyl sites for hydroxylation is 2. The van der Waals surface area contributed by atoms with Gasteiger partial charge in [0.1, 0.15) is 12.4 Å². The van der Waals surface area contributed by atoms with Crippen molar-refractivity contribution in [2.75, 3.05) is 20.2 Å². The Labute approximate surface area is 166 Å². The van der Waals surface area contributed by atoms with Crippen LogP contribution in [0.2, 0.25) is 0 Å². The van der Waals surface area contributed by atoms with Crippen molar-refractivity contribution >= 4 is 12.0 Å². The highest BCUT2D eigenvalue weighted by molar-refractivity contribution is 5.91. The first kappa shape index (κ1) is 20.0. The number of hydrogen-bond acceptors (Lipinski definition) is 5. The number of carbonyl (C=O) groups excluding carboxylic acids is 1. The maximum Gasteiger partial charge on any atom is 0.246 e. The SMILES string of the molecule is COc1cc(C=CC(=O)N2CCC(C)CC2)ccc1OCc1c(C)noc1C. The number of ether oxygens (including phenoxy) is 2. The zero-order valence-electron chi connectivity index (χ0n) is 17.0. The molecule has 1 aliphatic rings. The van der Waals surface area contributed by atoms with Gasteiger partial charge in [-0.1, -0.05) is 18.1 Å². The molecule has 0 atom stereocenters. The van der Waals surface area contributed by atoms with Gasteiger partial charge in [-0.15, -0.1) is 0 Å². The molecule has 0 saturated carbocycles. The summed E-state index contributed by atoms with van der Waals surface area (Å²) < 4.78 is 16.5. The number of hydrogen-bond donors (Lipinski definition) is 0. The maximum absolute atomic E-state index is 12.4. The van der Waals surface area contributed by atoms with E-state index in [0.717, 1.165) is 48.5 Å². The lowest BCUT2D eigenvalue weighted by atomic mass is 9.99. The maximum atomic E-state index is 12.4. The molecule has 0 bridgehead atoms. The van der Waals surface area contributed by atoms with Gasteiger partial charge in [-0.3, -0.25) is 4.79 Å². The first-order valence-corrected chi connectivity index (χ1v) is 9.67. The molecule has 2 aromatic rings. The van der Waals surface area contributed by atoms with Crippen molar-refractivity contribution in [3.63, 3.8) is 0 Å². The first-order chi connectivity index (χ1) is 13.5. The van der Waals surface area contributed by atoms with Crippen molar-refractivity contribution in [1.82, 2.24) is 10.1 Å². The van der Waals surface area contributed by atoms with Crippen LogP contribution >= 0.6 is 0 Å². The predicted molar refractivity (Wildman–Crippen MR) is 107 cm³/mol.